The molecule has 0 saturated heterocycles. The summed E-state index contributed by atoms with van der Waals surface area (Å²) in [6.07, 6.45) is 0. The first-order chi connectivity index (χ1) is 10.1. The Labute approximate surface area is 124 Å². The maximum absolute atomic E-state index is 13.2. The lowest BCUT2D eigenvalue weighted by Crippen LogP contribution is -2.36. The van der Waals surface area contributed by atoms with Crippen molar-refractivity contribution in [3.8, 4) is 0 Å². The molecule has 1 amide bonds. The maximum Gasteiger partial charge on any atom is 0.254 e. The van der Waals surface area contributed by atoms with Crippen molar-refractivity contribution in [2.45, 2.75) is 13.8 Å². The van der Waals surface area contributed by atoms with Gasteiger partial charge in [0.15, 0.2) is 0 Å². The first kappa shape index (κ1) is 17.4. The molecule has 0 aromatic heterocycles. The molecule has 21 heavy (non-hydrogen) atoms. The molecule has 6 heteroatoms. The normalized spacial score (nSPS) is 10.6. The molecule has 1 aromatic rings. The van der Waals surface area contributed by atoms with Crippen LogP contribution in [0.3, 0.4) is 0 Å². The number of nitrogens with zero attached hydrogens (tertiary/aromatic N) is 1. The molecule has 0 radical (unpaired) electrons. The van der Waals surface area contributed by atoms with Crippen molar-refractivity contribution in [3.63, 3.8) is 0 Å². The summed E-state index contributed by atoms with van der Waals surface area (Å²) in [5.41, 5.74) is 5.84. The van der Waals surface area contributed by atoms with E-state index in [2.05, 4.69) is 0 Å². The van der Waals surface area contributed by atoms with Gasteiger partial charge >= 0.3 is 0 Å². The summed E-state index contributed by atoms with van der Waals surface area (Å²) in [7, 11) is 0. The number of hydrogen-bond donors (Lipinski definition) is 1. The number of halogens is 1. The highest BCUT2D eigenvalue weighted by Crippen LogP contribution is 2.14. The van der Waals surface area contributed by atoms with Crippen LogP contribution in [0.4, 0.5) is 10.1 Å². The highest BCUT2D eigenvalue weighted by Gasteiger charge is 2.16. The Hall–Kier alpha value is -1.66. The smallest absolute Gasteiger partial charge is 0.254 e. The van der Waals surface area contributed by atoms with Crippen molar-refractivity contribution in [1.82, 2.24) is 4.90 Å². The third-order valence-electron chi connectivity index (χ3n) is 2.95. The molecule has 118 valence electrons. The van der Waals surface area contributed by atoms with Crippen LogP contribution in [0.2, 0.25) is 0 Å². The van der Waals surface area contributed by atoms with Gasteiger partial charge in [-0.1, -0.05) is 0 Å². The van der Waals surface area contributed by atoms with Crippen LogP contribution in [0.15, 0.2) is 18.2 Å². The Bertz CT molecular complexity index is 445. The van der Waals surface area contributed by atoms with E-state index in [4.69, 9.17) is 15.2 Å². The molecule has 0 spiro atoms. The predicted octanol–water partition coefficient (Wildman–Crippen LogP) is 1.92. The second-order valence-electron chi connectivity index (χ2n) is 4.42. The standard InChI is InChI=1S/C15H23FN2O3/c1-3-20-9-7-18(8-10-21-4-2)15(19)12-5-6-13(16)14(17)11-12/h5-6,11H,3-4,7-10,17H2,1-2H3. The molecular weight excluding hydrogens is 275 g/mol. The molecule has 0 aliphatic carbocycles. The zero-order chi connectivity index (χ0) is 15.7. The van der Waals surface area contributed by atoms with Crippen molar-refractivity contribution in [2.24, 2.45) is 0 Å². The minimum Gasteiger partial charge on any atom is -0.396 e. The molecule has 0 atom stereocenters. The highest BCUT2D eigenvalue weighted by molar-refractivity contribution is 5.95. The van der Waals surface area contributed by atoms with Gasteiger partial charge in [0.1, 0.15) is 5.82 Å². The number of ether oxygens (including phenoxy) is 2. The van der Waals surface area contributed by atoms with Gasteiger partial charge in [-0.15, -0.1) is 0 Å². The van der Waals surface area contributed by atoms with Crippen molar-refractivity contribution in [3.05, 3.63) is 29.6 Å². The topological polar surface area (TPSA) is 64.8 Å². The van der Waals surface area contributed by atoms with Gasteiger partial charge in [-0.25, -0.2) is 4.39 Å². The van der Waals surface area contributed by atoms with Crippen LogP contribution in [0.5, 0.6) is 0 Å². The fourth-order valence-electron chi connectivity index (χ4n) is 1.81. The van der Waals surface area contributed by atoms with Gasteiger partial charge < -0.3 is 20.1 Å². The minimum absolute atomic E-state index is 0.0320. The fourth-order valence-corrected chi connectivity index (χ4v) is 1.81. The van der Waals surface area contributed by atoms with Gasteiger partial charge in [-0.3, -0.25) is 4.79 Å². The third kappa shape index (κ3) is 5.69. The average Bonchev–Trinajstić information content (AvgIpc) is 2.48. The molecule has 0 unspecified atom stereocenters. The van der Waals surface area contributed by atoms with Crippen molar-refractivity contribution in [2.75, 3.05) is 45.3 Å². The third-order valence-corrected chi connectivity index (χ3v) is 2.95. The number of hydrogen-bond acceptors (Lipinski definition) is 4. The lowest BCUT2D eigenvalue weighted by atomic mass is 10.1. The number of nitrogen functional groups attached to an aromatic ring is 1. The molecule has 0 saturated carbocycles. The molecule has 0 fully saturated rings. The number of anilines is 1. The molecule has 1 rings (SSSR count). The second-order valence-corrected chi connectivity index (χ2v) is 4.42. The Morgan fingerprint density at radius 2 is 1.76 bits per heavy atom. The number of carbonyl (C=O) groups is 1. The SMILES string of the molecule is CCOCCN(CCOCC)C(=O)c1ccc(F)c(N)c1. The summed E-state index contributed by atoms with van der Waals surface area (Å²) >= 11 is 0. The van der Waals surface area contributed by atoms with Gasteiger partial charge in [-0.2, -0.15) is 0 Å². The Morgan fingerprint density at radius 1 is 1.19 bits per heavy atom. The summed E-state index contributed by atoms with van der Waals surface area (Å²) in [4.78, 5) is 14.1. The molecule has 5 nitrogen and oxygen atoms in total. The highest BCUT2D eigenvalue weighted by atomic mass is 19.1. The largest absolute Gasteiger partial charge is 0.396 e. The molecule has 0 aliphatic rings. The van der Waals surface area contributed by atoms with E-state index in [0.29, 0.717) is 45.1 Å². The second kappa shape index (κ2) is 9.31. The van der Waals surface area contributed by atoms with E-state index in [9.17, 15) is 9.18 Å². The summed E-state index contributed by atoms with van der Waals surface area (Å²) in [6.45, 7) is 6.79. The molecule has 0 bridgehead atoms. The number of benzene rings is 1. The van der Waals surface area contributed by atoms with E-state index in [-0.39, 0.29) is 11.6 Å². The first-order valence-electron chi connectivity index (χ1n) is 7.09. The lowest BCUT2D eigenvalue weighted by Gasteiger charge is -2.22. The van der Waals surface area contributed by atoms with Crippen molar-refractivity contribution in [1.29, 1.82) is 0 Å². The van der Waals surface area contributed by atoms with Gasteiger partial charge in [0, 0.05) is 31.9 Å². The number of carbonyl (C=O) groups excluding carboxylic acids is 1. The van der Waals surface area contributed by atoms with Gasteiger partial charge in [0.05, 0.1) is 18.9 Å². The van der Waals surface area contributed by atoms with Crippen LogP contribution in [0.1, 0.15) is 24.2 Å². The molecule has 0 heterocycles. The van der Waals surface area contributed by atoms with Crippen LogP contribution in [-0.4, -0.2) is 50.3 Å². The van der Waals surface area contributed by atoms with E-state index in [1.807, 2.05) is 13.8 Å². The van der Waals surface area contributed by atoms with Gasteiger partial charge in [0.25, 0.3) is 5.91 Å². The quantitative estimate of drug-likeness (QED) is 0.559. The number of rotatable bonds is 9. The van der Waals surface area contributed by atoms with Crippen LogP contribution in [0, 0.1) is 5.82 Å². The van der Waals surface area contributed by atoms with Crippen LogP contribution in [-0.2, 0) is 9.47 Å². The Kier molecular flexibility index (Phi) is 7.71. The predicted molar refractivity (Wildman–Crippen MR) is 79.7 cm³/mol. The minimum atomic E-state index is -0.526. The van der Waals surface area contributed by atoms with Crippen LogP contribution < -0.4 is 5.73 Å². The lowest BCUT2D eigenvalue weighted by molar-refractivity contribution is 0.0550. The summed E-state index contributed by atoms with van der Waals surface area (Å²) in [5.74, 6) is -0.733. The van der Waals surface area contributed by atoms with E-state index in [1.54, 1.807) is 4.90 Å². The van der Waals surface area contributed by atoms with Gasteiger partial charge in [0.2, 0.25) is 0 Å². The summed E-state index contributed by atoms with van der Waals surface area (Å²) < 4.78 is 23.7. The molecular formula is C15H23FN2O3. The Morgan fingerprint density at radius 3 is 2.24 bits per heavy atom. The maximum atomic E-state index is 13.2. The first-order valence-corrected chi connectivity index (χ1v) is 7.09. The van der Waals surface area contributed by atoms with E-state index < -0.39 is 5.82 Å². The number of amides is 1. The van der Waals surface area contributed by atoms with Crippen molar-refractivity contribution < 1.29 is 18.7 Å². The molecule has 1 aromatic carbocycles. The summed E-state index contributed by atoms with van der Waals surface area (Å²) in [6, 6.07) is 3.99. The number of nitrogens with two attached hydrogens (primary N) is 1. The van der Waals surface area contributed by atoms with Crippen molar-refractivity contribution >= 4 is 11.6 Å². The van der Waals surface area contributed by atoms with E-state index in [1.165, 1.54) is 18.2 Å². The van der Waals surface area contributed by atoms with Gasteiger partial charge in [-0.05, 0) is 32.0 Å². The van der Waals surface area contributed by atoms with Crippen LogP contribution >= 0.6 is 0 Å². The zero-order valence-electron chi connectivity index (χ0n) is 12.6. The monoisotopic (exact) mass is 298 g/mol. The van der Waals surface area contributed by atoms with E-state index >= 15 is 0 Å². The summed E-state index contributed by atoms with van der Waals surface area (Å²) in [5, 5.41) is 0. The zero-order valence-corrected chi connectivity index (χ0v) is 12.6. The Balaban J connectivity index is 2.73. The molecule has 0 aliphatic heterocycles. The average molecular weight is 298 g/mol. The molecule has 2 N–H and O–H groups in total. The van der Waals surface area contributed by atoms with Crippen LogP contribution in [0.25, 0.3) is 0 Å². The van der Waals surface area contributed by atoms with E-state index in [0.717, 1.165) is 0 Å². The fraction of sp³-hybridized carbons (Fsp3) is 0.533.